The molecule has 6 heteroatoms. The summed E-state index contributed by atoms with van der Waals surface area (Å²) in [4.78, 5) is 11.1. The van der Waals surface area contributed by atoms with E-state index in [9.17, 15) is 0 Å². The number of rotatable bonds is 5. The average Bonchev–Trinajstić information content (AvgIpc) is 3.41. The quantitative estimate of drug-likeness (QED) is 0.595. The molecule has 0 bridgehead atoms. The third-order valence-electron chi connectivity index (χ3n) is 6.38. The van der Waals surface area contributed by atoms with E-state index in [1.165, 1.54) is 43.2 Å². The van der Waals surface area contributed by atoms with Gasteiger partial charge in [0.15, 0.2) is 5.11 Å². The maximum Gasteiger partial charge on any atom is 0.170 e. The fourth-order valence-corrected chi connectivity index (χ4v) is 5.14. The molecule has 1 N–H and O–H groups in total. The third kappa shape index (κ3) is 3.84. The van der Waals surface area contributed by atoms with Gasteiger partial charge in [-0.2, -0.15) is 0 Å². The second kappa shape index (κ2) is 8.56. The molecule has 5 rings (SSSR count). The molecule has 5 nitrogen and oxygen atoms in total. The van der Waals surface area contributed by atoms with Crippen LogP contribution in [0.15, 0.2) is 67.4 Å². The van der Waals surface area contributed by atoms with Crippen LogP contribution in [0.3, 0.4) is 0 Å². The van der Waals surface area contributed by atoms with Gasteiger partial charge < -0.3 is 14.8 Å². The van der Waals surface area contributed by atoms with Crippen LogP contribution < -0.4 is 5.32 Å². The van der Waals surface area contributed by atoms with Crippen molar-refractivity contribution < 1.29 is 0 Å². The number of hydrogen-bond donors (Lipinski definition) is 1. The van der Waals surface area contributed by atoms with Crippen LogP contribution in [-0.4, -0.2) is 24.5 Å². The van der Waals surface area contributed by atoms with Crippen molar-refractivity contribution >= 4 is 17.3 Å². The van der Waals surface area contributed by atoms with Crippen LogP contribution in [0.5, 0.6) is 0 Å². The minimum absolute atomic E-state index is 0.0303. The normalized spacial score (nSPS) is 22.3. The number of nitrogens with zero attached hydrogens (tertiary/aromatic N) is 4. The van der Waals surface area contributed by atoms with Crippen molar-refractivity contribution in [2.45, 2.75) is 56.8 Å². The van der Waals surface area contributed by atoms with Crippen molar-refractivity contribution in [1.29, 1.82) is 0 Å². The highest BCUT2D eigenvalue weighted by Crippen LogP contribution is 2.40. The molecule has 1 aliphatic carbocycles. The molecule has 1 aliphatic heterocycles. The minimum Gasteiger partial charge on any atom is -0.352 e. The summed E-state index contributed by atoms with van der Waals surface area (Å²) in [5.41, 5.74) is 3.51. The Hall–Kier alpha value is -2.73. The maximum absolute atomic E-state index is 5.79. The van der Waals surface area contributed by atoms with Gasteiger partial charge in [-0.25, -0.2) is 0 Å². The molecule has 1 saturated carbocycles. The van der Waals surface area contributed by atoms with Gasteiger partial charge in [0, 0.05) is 43.6 Å². The Morgan fingerprint density at radius 1 is 1.00 bits per heavy atom. The van der Waals surface area contributed by atoms with Gasteiger partial charge in [-0.3, -0.25) is 9.97 Å². The molecule has 4 heterocycles. The molecule has 3 aromatic heterocycles. The topological polar surface area (TPSA) is 46.0 Å². The first-order valence-electron chi connectivity index (χ1n) is 10.8. The predicted octanol–water partition coefficient (Wildman–Crippen LogP) is 4.96. The Balaban J connectivity index is 1.49. The van der Waals surface area contributed by atoms with Gasteiger partial charge in [-0.15, -0.1) is 0 Å². The molecule has 3 aromatic rings. The van der Waals surface area contributed by atoms with Crippen molar-refractivity contribution in [1.82, 2.24) is 24.8 Å². The van der Waals surface area contributed by atoms with E-state index >= 15 is 0 Å². The number of hydrogen-bond acceptors (Lipinski definition) is 3. The molecule has 0 spiro atoms. The number of aromatic nitrogens is 3. The number of nitrogens with one attached hydrogen (secondary N) is 1. The monoisotopic (exact) mass is 417 g/mol. The largest absolute Gasteiger partial charge is 0.352 e. The van der Waals surface area contributed by atoms with E-state index in [0.717, 1.165) is 17.4 Å². The molecular weight excluding hydrogens is 390 g/mol. The van der Waals surface area contributed by atoms with Gasteiger partial charge in [0.2, 0.25) is 0 Å². The first-order chi connectivity index (χ1) is 14.8. The lowest BCUT2D eigenvalue weighted by atomic mass is 9.95. The number of pyridine rings is 2. The van der Waals surface area contributed by atoms with E-state index in [1.54, 1.807) is 0 Å². The van der Waals surface area contributed by atoms with Gasteiger partial charge in [0.05, 0.1) is 17.8 Å². The van der Waals surface area contributed by atoms with Gasteiger partial charge in [0.1, 0.15) is 0 Å². The predicted molar refractivity (Wildman–Crippen MR) is 122 cm³/mol. The molecule has 0 aromatic carbocycles. The average molecular weight is 418 g/mol. The van der Waals surface area contributed by atoms with Gasteiger partial charge in [-0.1, -0.05) is 25.3 Å². The summed E-state index contributed by atoms with van der Waals surface area (Å²) in [6.07, 6.45) is 16.7. The van der Waals surface area contributed by atoms with Crippen LogP contribution in [0.2, 0.25) is 0 Å². The molecule has 2 aliphatic rings. The van der Waals surface area contributed by atoms with E-state index in [4.69, 9.17) is 12.2 Å². The second-order valence-electron chi connectivity index (χ2n) is 8.29. The van der Waals surface area contributed by atoms with Gasteiger partial charge >= 0.3 is 0 Å². The molecule has 2 fully saturated rings. The highest BCUT2D eigenvalue weighted by atomic mass is 32.1. The summed E-state index contributed by atoms with van der Waals surface area (Å²) in [7, 11) is 0. The molecule has 0 radical (unpaired) electrons. The molecule has 30 heavy (non-hydrogen) atoms. The lowest BCUT2D eigenvalue weighted by Gasteiger charge is -2.28. The van der Waals surface area contributed by atoms with E-state index in [2.05, 4.69) is 61.4 Å². The second-order valence-corrected chi connectivity index (χ2v) is 8.68. The summed E-state index contributed by atoms with van der Waals surface area (Å²) in [6, 6.07) is 13.2. The van der Waals surface area contributed by atoms with E-state index in [0.29, 0.717) is 6.04 Å². The lowest BCUT2D eigenvalue weighted by Crippen LogP contribution is -2.29. The van der Waals surface area contributed by atoms with Crippen molar-refractivity contribution in [3.63, 3.8) is 0 Å². The van der Waals surface area contributed by atoms with Crippen molar-refractivity contribution in [3.8, 4) is 0 Å². The zero-order valence-electron chi connectivity index (χ0n) is 17.0. The summed E-state index contributed by atoms with van der Waals surface area (Å²) >= 11 is 5.79. The van der Waals surface area contributed by atoms with Crippen LogP contribution in [0.1, 0.15) is 67.1 Å². The summed E-state index contributed by atoms with van der Waals surface area (Å²) in [6.45, 7) is 0.747. The molecule has 154 valence electrons. The van der Waals surface area contributed by atoms with Crippen LogP contribution in [0, 0.1) is 0 Å². The van der Waals surface area contributed by atoms with E-state index in [-0.39, 0.29) is 12.1 Å². The first kappa shape index (κ1) is 19.2. The van der Waals surface area contributed by atoms with Crippen molar-refractivity contribution in [2.75, 3.05) is 0 Å². The molecule has 2 atom stereocenters. The zero-order valence-corrected chi connectivity index (χ0v) is 17.8. The van der Waals surface area contributed by atoms with E-state index < -0.39 is 0 Å². The Kier molecular flexibility index (Phi) is 5.49. The fraction of sp³-hybridized carbons (Fsp3) is 0.375. The van der Waals surface area contributed by atoms with Crippen molar-refractivity contribution in [2.24, 2.45) is 0 Å². The maximum atomic E-state index is 5.79. The summed E-state index contributed by atoms with van der Waals surface area (Å²) in [5.74, 6) is 0. The first-order valence-corrected chi connectivity index (χ1v) is 11.2. The Morgan fingerprint density at radius 2 is 1.83 bits per heavy atom. The van der Waals surface area contributed by atoms with Crippen LogP contribution >= 0.6 is 12.2 Å². The summed E-state index contributed by atoms with van der Waals surface area (Å²) < 4.78 is 2.43. The van der Waals surface area contributed by atoms with Crippen LogP contribution in [0.4, 0.5) is 0 Å². The lowest BCUT2D eigenvalue weighted by molar-refractivity contribution is 0.309. The molecular formula is C24H27N5S. The summed E-state index contributed by atoms with van der Waals surface area (Å²) in [5, 5.41) is 4.32. The smallest absolute Gasteiger partial charge is 0.170 e. The Morgan fingerprint density at radius 3 is 2.60 bits per heavy atom. The highest BCUT2D eigenvalue weighted by molar-refractivity contribution is 7.80. The number of thiocarbonyl (C=S) groups is 1. The minimum atomic E-state index is 0.0303. The molecule has 0 amide bonds. The highest BCUT2D eigenvalue weighted by Gasteiger charge is 2.40. The van der Waals surface area contributed by atoms with Gasteiger partial charge in [0.25, 0.3) is 0 Å². The van der Waals surface area contributed by atoms with Crippen LogP contribution in [0.25, 0.3) is 0 Å². The Labute approximate surface area is 183 Å². The standard InChI is InChI=1S/C24H27N5S/c30-24-27-22(21-8-4-5-12-26-21)23(29(24)16-18-9-13-25-14-10-18)19-11-15-28(17-19)20-6-2-1-3-7-20/h4-5,8-15,17,20,22-23H,1-3,6-7,16H2,(H,27,30)/t22-,23-/m1/s1. The SMILES string of the molecule is S=C1N[C@H](c2ccccn2)[C@@H](c2ccn(C3CCCCC3)c2)N1Cc1ccncc1. The van der Waals surface area contributed by atoms with E-state index in [1.807, 2.05) is 30.7 Å². The van der Waals surface area contributed by atoms with Crippen molar-refractivity contribution in [3.05, 3.63) is 84.2 Å². The Bertz CT molecular complexity index is 981. The zero-order chi connectivity index (χ0) is 20.3. The third-order valence-corrected chi connectivity index (χ3v) is 6.73. The van der Waals surface area contributed by atoms with Gasteiger partial charge in [-0.05, 0) is 66.5 Å². The fourth-order valence-electron chi connectivity index (χ4n) is 4.84. The van der Waals surface area contributed by atoms with Crippen LogP contribution in [-0.2, 0) is 6.54 Å². The molecule has 0 unspecified atom stereocenters. The molecule has 1 saturated heterocycles.